The molecule has 3 aromatic rings. The van der Waals surface area contributed by atoms with E-state index in [1.165, 1.54) is 12.0 Å². The molecule has 0 radical (unpaired) electrons. The van der Waals surface area contributed by atoms with E-state index in [-0.39, 0.29) is 28.6 Å². The highest BCUT2D eigenvalue weighted by atomic mass is 32.1. The number of aryl methyl sites for hydroxylation is 1. The van der Waals surface area contributed by atoms with Gasteiger partial charge in [-0.1, -0.05) is 25.1 Å². The van der Waals surface area contributed by atoms with Gasteiger partial charge >= 0.3 is 0 Å². The molecule has 0 unspecified atom stereocenters. The number of carbonyl (C=O) groups is 3. The maximum Gasteiger partial charge on any atom is 0.270 e. The van der Waals surface area contributed by atoms with Crippen LogP contribution in [0.1, 0.15) is 70.5 Å². The van der Waals surface area contributed by atoms with Crippen LogP contribution in [0.5, 0.6) is 5.75 Å². The molecule has 0 bridgehead atoms. The third-order valence-electron chi connectivity index (χ3n) is 5.89. The van der Waals surface area contributed by atoms with Crippen molar-refractivity contribution in [2.24, 2.45) is 5.73 Å². The van der Waals surface area contributed by atoms with Crippen LogP contribution in [0, 0.1) is 6.92 Å². The summed E-state index contributed by atoms with van der Waals surface area (Å²) in [6.45, 7) is 7.47. The zero-order chi connectivity index (χ0) is 26.6. The molecule has 0 saturated heterocycles. The van der Waals surface area contributed by atoms with Crippen LogP contribution in [-0.4, -0.2) is 39.6 Å². The van der Waals surface area contributed by atoms with Crippen LogP contribution in [0.4, 0.5) is 5.69 Å². The van der Waals surface area contributed by atoms with Crippen molar-refractivity contribution in [1.29, 1.82) is 0 Å². The molecule has 2 aromatic heterocycles. The third-order valence-corrected chi connectivity index (χ3v) is 6.74. The largest absolute Gasteiger partial charge is 0.496 e. The fraction of sp³-hybridized carbons (Fsp3) is 0.360. The average Bonchev–Trinajstić information content (AvgIpc) is 3.43. The summed E-state index contributed by atoms with van der Waals surface area (Å²) < 4.78 is 15.3. The Labute approximate surface area is 213 Å². The Morgan fingerprint density at radius 3 is 2.47 bits per heavy atom. The Balaban J connectivity index is 2.17. The van der Waals surface area contributed by atoms with E-state index in [0.29, 0.717) is 23.5 Å². The number of ether oxygens (including phenoxy) is 1. The standard InChI is InChI=1S/C25H31N5O5S/c1-6-25(3,4)28-23(32)20(17-12-11-14(2)35-17)30(13-15-9-7-8-10-16(15)34-5)24(33)21-18(26)19(22(27)31)29-36-21/h7-12,20H,6,13,26H2,1-5H3,(H2,27,31)(H,28,32)/t20-/m1/s1. The summed E-state index contributed by atoms with van der Waals surface area (Å²) in [7, 11) is 1.52. The van der Waals surface area contributed by atoms with Crippen molar-refractivity contribution in [3.63, 3.8) is 0 Å². The average molecular weight is 514 g/mol. The van der Waals surface area contributed by atoms with Crippen molar-refractivity contribution < 1.29 is 23.5 Å². The smallest absolute Gasteiger partial charge is 0.270 e. The molecule has 11 heteroatoms. The second kappa shape index (κ2) is 10.8. The Kier molecular flexibility index (Phi) is 8.03. The van der Waals surface area contributed by atoms with Gasteiger partial charge in [0.1, 0.15) is 22.1 Å². The molecule has 10 nitrogen and oxygen atoms in total. The summed E-state index contributed by atoms with van der Waals surface area (Å²) in [6, 6.07) is 9.39. The number of furan rings is 1. The first-order chi connectivity index (χ1) is 17.0. The van der Waals surface area contributed by atoms with Crippen molar-refractivity contribution >= 4 is 34.9 Å². The number of primary amides is 1. The van der Waals surface area contributed by atoms with Gasteiger partial charge in [0.2, 0.25) is 0 Å². The van der Waals surface area contributed by atoms with E-state index >= 15 is 0 Å². The van der Waals surface area contributed by atoms with Gasteiger partial charge in [0.15, 0.2) is 11.7 Å². The minimum atomic E-state index is -1.15. The molecule has 0 aliphatic carbocycles. The number of nitrogens with two attached hydrogens (primary N) is 2. The van der Waals surface area contributed by atoms with Gasteiger partial charge in [-0.2, -0.15) is 4.37 Å². The second-order valence-corrected chi connectivity index (χ2v) is 9.73. The topological polar surface area (TPSA) is 154 Å². The number of methoxy groups -OCH3 is 1. The molecule has 1 atom stereocenters. The van der Waals surface area contributed by atoms with E-state index in [0.717, 1.165) is 11.5 Å². The fourth-order valence-corrected chi connectivity index (χ4v) is 4.33. The Morgan fingerprint density at radius 2 is 1.92 bits per heavy atom. The lowest BCUT2D eigenvalue weighted by molar-refractivity contribution is -0.128. The van der Waals surface area contributed by atoms with Gasteiger partial charge in [0.05, 0.1) is 19.3 Å². The summed E-state index contributed by atoms with van der Waals surface area (Å²) >= 11 is 0.748. The molecule has 0 aliphatic heterocycles. The summed E-state index contributed by atoms with van der Waals surface area (Å²) in [5.74, 6) is -0.493. The van der Waals surface area contributed by atoms with Crippen molar-refractivity contribution in [3.05, 3.63) is 64.1 Å². The number of amides is 3. The molecule has 1 aromatic carbocycles. The zero-order valence-corrected chi connectivity index (χ0v) is 21.8. The van der Waals surface area contributed by atoms with Crippen molar-refractivity contribution in [1.82, 2.24) is 14.6 Å². The van der Waals surface area contributed by atoms with Crippen LogP contribution in [-0.2, 0) is 11.3 Å². The summed E-state index contributed by atoms with van der Waals surface area (Å²) in [5.41, 5.74) is 11.2. The maximum absolute atomic E-state index is 14.0. The SMILES string of the molecule is CCC(C)(C)NC(=O)[C@@H](c1ccc(C)o1)N(Cc1ccccc1OC)C(=O)c1snc(C(N)=O)c1N. The van der Waals surface area contributed by atoms with E-state index < -0.39 is 29.3 Å². The van der Waals surface area contributed by atoms with E-state index in [9.17, 15) is 14.4 Å². The van der Waals surface area contributed by atoms with Crippen LogP contribution >= 0.6 is 11.5 Å². The van der Waals surface area contributed by atoms with E-state index in [4.69, 9.17) is 20.6 Å². The Hall–Kier alpha value is -3.86. The molecule has 5 N–H and O–H groups in total. The van der Waals surface area contributed by atoms with Crippen LogP contribution in [0.15, 0.2) is 40.8 Å². The van der Waals surface area contributed by atoms with Gasteiger partial charge in [-0.05, 0) is 56.9 Å². The number of aromatic nitrogens is 1. The molecule has 0 saturated carbocycles. The van der Waals surface area contributed by atoms with Crippen molar-refractivity contribution in [3.8, 4) is 5.75 Å². The van der Waals surface area contributed by atoms with Crippen LogP contribution in [0.3, 0.4) is 0 Å². The number of hydrogen-bond donors (Lipinski definition) is 3. The first-order valence-electron chi connectivity index (χ1n) is 11.3. The number of nitrogen functional groups attached to an aromatic ring is 1. The minimum Gasteiger partial charge on any atom is -0.496 e. The molecule has 36 heavy (non-hydrogen) atoms. The van der Waals surface area contributed by atoms with E-state index in [1.807, 2.05) is 20.8 Å². The minimum absolute atomic E-state index is 0.00507. The van der Waals surface area contributed by atoms with Gasteiger partial charge in [-0.25, -0.2) is 0 Å². The maximum atomic E-state index is 14.0. The predicted molar refractivity (Wildman–Crippen MR) is 137 cm³/mol. The lowest BCUT2D eigenvalue weighted by Gasteiger charge is -2.33. The molecule has 3 amide bonds. The Bertz CT molecular complexity index is 1270. The van der Waals surface area contributed by atoms with Gasteiger partial charge in [-0.3, -0.25) is 14.4 Å². The van der Waals surface area contributed by atoms with Crippen molar-refractivity contribution in [2.75, 3.05) is 12.8 Å². The summed E-state index contributed by atoms with van der Waals surface area (Å²) in [4.78, 5) is 40.8. The highest BCUT2D eigenvalue weighted by Gasteiger charge is 2.38. The second-order valence-electron chi connectivity index (χ2n) is 8.96. The lowest BCUT2D eigenvalue weighted by atomic mass is 10.0. The summed E-state index contributed by atoms with van der Waals surface area (Å²) in [6.07, 6.45) is 0.660. The number of para-hydroxylation sites is 1. The number of anilines is 1. The highest BCUT2D eigenvalue weighted by Crippen LogP contribution is 2.33. The first kappa shape index (κ1) is 26.7. The zero-order valence-electron chi connectivity index (χ0n) is 21.0. The molecular weight excluding hydrogens is 482 g/mol. The van der Waals surface area contributed by atoms with Gasteiger partial charge in [-0.15, -0.1) is 0 Å². The number of carbonyl (C=O) groups excluding carboxylic acids is 3. The molecule has 0 fully saturated rings. The molecule has 3 rings (SSSR count). The molecular formula is C25H31N5O5S. The van der Waals surface area contributed by atoms with Crippen LogP contribution < -0.4 is 21.5 Å². The van der Waals surface area contributed by atoms with Crippen molar-refractivity contribution in [2.45, 2.75) is 52.2 Å². The highest BCUT2D eigenvalue weighted by molar-refractivity contribution is 7.09. The molecule has 192 valence electrons. The number of nitrogens with one attached hydrogen (secondary N) is 1. The molecule has 0 spiro atoms. The molecule has 2 heterocycles. The van der Waals surface area contributed by atoms with Gasteiger partial charge < -0.3 is 30.8 Å². The number of hydrogen-bond acceptors (Lipinski definition) is 8. The third kappa shape index (κ3) is 5.68. The van der Waals surface area contributed by atoms with Gasteiger partial charge in [0, 0.05) is 11.1 Å². The van der Waals surface area contributed by atoms with Crippen LogP contribution in [0.2, 0.25) is 0 Å². The van der Waals surface area contributed by atoms with E-state index in [2.05, 4.69) is 9.69 Å². The predicted octanol–water partition coefficient (Wildman–Crippen LogP) is 3.42. The normalized spacial score (nSPS) is 12.1. The van der Waals surface area contributed by atoms with E-state index in [1.54, 1.807) is 43.3 Å². The Morgan fingerprint density at radius 1 is 1.22 bits per heavy atom. The number of nitrogens with zero attached hydrogens (tertiary/aromatic N) is 2. The molecule has 0 aliphatic rings. The quantitative estimate of drug-likeness (QED) is 0.375. The summed E-state index contributed by atoms with van der Waals surface area (Å²) in [5, 5.41) is 3.01. The first-order valence-corrected chi connectivity index (χ1v) is 12.1. The monoisotopic (exact) mass is 513 g/mol. The van der Waals surface area contributed by atoms with Gasteiger partial charge in [0.25, 0.3) is 17.7 Å². The number of rotatable bonds is 10. The van der Waals surface area contributed by atoms with Crippen LogP contribution in [0.25, 0.3) is 0 Å². The number of benzene rings is 1. The lowest BCUT2D eigenvalue weighted by Crippen LogP contribution is -2.50. The fourth-order valence-electron chi connectivity index (χ4n) is 3.57.